The predicted octanol–water partition coefficient (Wildman–Crippen LogP) is 2.40. The Bertz CT molecular complexity index is 758. The van der Waals surface area contributed by atoms with Crippen LogP contribution in [0.15, 0.2) is 36.5 Å². The minimum absolute atomic E-state index is 0.408. The highest BCUT2D eigenvalue weighted by atomic mass is 16.1. The van der Waals surface area contributed by atoms with Crippen molar-refractivity contribution >= 4 is 11.5 Å². The van der Waals surface area contributed by atoms with Gasteiger partial charge >= 0.3 is 0 Å². The number of nitrogens with two attached hydrogens (primary N) is 1. The zero-order valence-electron chi connectivity index (χ0n) is 14.2. The quantitative estimate of drug-likeness (QED) is 0.857. The van der Waals surface area contributed by atoms with Gasteiger partial charge in [-0.3, -0.25) is 4.79 Å². The molecule has 1 aromatic heterocycles. The number of hydrogen-bond donors (Lipinski definition) is 2. The van der Waals surface area contributed by atoms with Gasteiger partial charge < -0.3 is 11.1 Å². The second kappa shape index (κ2) is 7.01. The van der Waals surface area contributed by atoms with Crippen molar-refractivity contribution in [3.8, 4) is 5.69 Å². The summed E-state index contributed by atoms with van der Waals surface area (Å²) >= 11 is 0. The van der Waals surface area contributed by atoms with Gasteiger partial charge in [0.2, 0.25) is 0 Å². The fraction of sp³-hybridized carbons (Fsp3) is 0.368. The number of nitrogens with zero attached hydrogens (tertiary/aromatic N) is 2. The molecule has 24 heavy (non-hydrogen) atoms. The average Bonchev–Trinajstić information content (AvgIpc) is 3.03. The maximum Gasteiger partial charge on any atom is 0.250 e. The highest BCUT2D eigenvalue weighted by Gasteiger charge is 2.21. The normalized spacial score (nSPS) is 14.8. The van der Waals surface area contributed by atoms with E-state index in [1.165, 1.54) is 5.56 Å². The van der Waals surface area contributed by atoms with Crippen molar-refractivity contribution < 1.29 is 4.79 Å². The van der Waals surface area contributed by atoms with E-state index in [1.807, 2.05) is 24.0 Å². The van der Waals surface area contributed by atoms with Gasteiger partial charge in [0, 0.05) is 12.7 Å². The fourth-order valence-corrected chi connectivity index (χ4v) is 3.28. The Morgan fingerprint density at radius 3 is 2.75 bits per heavy atom. The largest absolute Gasteiger partial charge is 0.366 e. The molecule has 0 bridgehead atoms. The number of aromatic nitrogens is 2. The molecule has 1 unspecified atom stereocenters. The van der Waals surface area contributed by atoms with Crippen LogP contribution in [-0.2, 0) is 11.2 Å². The monoisotopic (exact) mass is 324 g/mol. The van der Waals surface area contributed by atoms with Crippen LogP contribution in [-0.4, -0.2) is 29.3 Å². The number of allylic oxidation sites excluding steroid dienone is 1. The van der Waals surface area contributed by atoms with Crippen LogP contribution in [0, 0.1) is 0 Å². The van der Waals surface area contributed by atoms with Crippen molar-refractivity contribution in [2.75, 3.05) is 13.6 Å². The molecule has 5 heteroatoms. The van der Waals surface area contributed by atoms with Crippen LogP contribution in [0.5, 0.6) is 0 Å². The van der Waals surface area contributed by atoms with Crippen molar-refractivity contribution in [3.05, 3.63) is 53.4 Å². The predicted molar refractivity (Wildman–Crippen MR) is 96.0 cm³/mol. The van der Waals surface area contributed by atoms with Crippen LogP contribution >= 0.6 is 0 Å². The minimum Gasteiger partial charge on any atom is -0.366 e. The van der Waals surface area contributed by atoms with E-state index in [0.29, 0.717) is 11.5 Å². The van der Waals surface area contributed by atoms with Crippen molar-refractivity contribution in [3.63, 3.8) is 0 Å². The lowest BCUT2D eigenvalue weighted by molar-refractivity contribution is -0.112. The Balaban J connectivity index is 1.88. The molecule has 1 aliphatic rings. The summed E-state index contributed by atoms with van der Waals surface area (Å²) in [7, 11) is 1.98. The van der Waals surface area contributed by atoms with Gasteiger partial charge in [-0.1, -0.05) is 25.1 Å². The molecule has 2 aromatic rings. The molecule has 3 N–H and O–H groups in total. The lowest BCUT2D eigenvalue weighted by Gasteiger charge is -2.15. The third-order valence-corrected chi connectivity index (χ3v) is 4.65. The van der Waals surface area contributed by atoms with Crippen molar-refractivity contribution in [1.29, 1.82) is 0 Å². The molecule has 0 radical (unpaired) electrons. The summed E-state index contributed by atoms with van der Waals surface area (Å²) in [5.74, 6) is 0.105. The van der Waals surface area contributed by atoms with E-state index < -0.39 is 5.91 Å². The summed E-state index contributed by atoms with van der Waals surface area (Å²) in [4.78, 5) is 11.6. The van der Waals surface area contributed by atoms with Crippen LogP contribution in [0.3, 0.4) is 0 Å². The fourth-order valence-electron chi connectivity index (χ4n) is 3.28. The first kappa shape index (κ1) is 16.5. The van der Waals surface area contributed by atoms with Crippen molar-refractivity contribution in [2.24, 2.45) is 5.73 Å². The number of carbonyl (C=O) groups excluding carboxylic acids is 1. The molecule has 0 saturated carbocycles. The summed E-state index contributed by atoms with van der Waals surface area (Å²) in [6, 6.07) is 8.48. The second-order valence-corrected chi connectivity index (χ2v) is 6.22. The topological polar surface area (TPSA) is 72.9 Å². The van der Waals surface area contributed by atoms with E-state index >= 15 is 0 Å². The Hall–Kier alpha value is -2.40. The Morgan fingerprint density at radius 1 is 1.38 bits per heavy atom. The summed E-state index contributed by atoms with van der Waals surface area (Å²) in [6.07, 6.45) is 6.71. The number of rotatable bonds is 6. The molecule has 0 aliphatic heterocycles. The minimum atomic E-state index is -0.408. The number of nitrogens with one attached hydrogen (secondary N) is 1. The third-order valence-electron chi connectivity index (χ3n) is 4.65. The SMILES string of the molecule is CCC(CNC)c1ccc(-n2cc3c(n2)C(C(N)=O)=CCC3)cc1. The van der Waals surface area contributed by atoms with Crippen molar-refractivity contribution in [1.82, 2.24) is 15.1 Å². The molecule has 5 nitrogen and oxygen atoms in total. The molecule has 1 aliphatic carbocycles. The van der Waals surface area contributed by atoms with E-state index in [2.05, 4.69) is 41.6 Å². The standard InChI is InChI=1S/C19H24N4O/c1-3-13(11-21-2)14-7-9-16(10-8-14)23-12-15-5-4-6-17(19(20)24)18(15)22-23/h6-10,12-13,21H,3-5,11H2,1-2H3,(H2,20,24). The van der Waals surface area contributed by atoms with Gasteiger partial charge in [-0.25, -0.2) is 4.68 Å². The van der Waals surface area contributed by atoms with Gasteiger partial charge in [-0.05, 0) is 55.5 Å². The first-order valence-corrected chi connectivity index (χ1v) is 8.47. The van der Waals surface area contributed by atoms with E-state index in [0.717, 1.165) is 42.8 Å². The number of fused-ring (bicyclic) bond motifs is 1. The molecule has 0 spiro atoms. The smallest absolute Gasteiger partial charge is 0.250 e. The molecule has 1 amide bonds. The zero-order valence-corrected chi connectivity index (χ0v) is 14.2. The first-order chi connectivity index (χ1) is 11.6. The summed E-state index contributed by atoms with van der Waals surface area (Å²) in [5.41, 5.74) is 10.1. The number of amides is 1. The van der Waals surface area contributed by atoms with E-state index in [9.17, 15) is 4.79 Å². The highest BCUT2D eigenvalue weighted by Crippen LogP contribution is 2.27. The van der Waals surface area contributed by atoms with Gasteiger partial charge in [-0.2, -0.15) is 5.10 Å². The molecule has 0 saturated heterocycles. The van der Waals surface area contributed by atoms with Crippen LogP contribution in [0.4, 0.5) is 0 Å². The lowest BCUT2D eigenvalue weighted by Crippen LogP contribution is -2.16. The van der Waals surface area contributed by atoms with Crippen molar-refractivity contribution in [2.45, 2.75) is 32.1 Å². The summed E-state index contributed by atoms with van der Waals surface area (Å²) < 4.78 is 1.84. The molecule has 1 atom stereocenters. The Kier molecular flexibility index (Phi) is 4.81. The maximum absolute atomic E-state index is 11.6. The van der Waals surface area contributed by atoms with Gasteiger partial charge in [0.1, 0.15) is 5.69 Å². The van der Waals surface area contributed by atoms with Crippen LogP contribution in [0.1, 0.15) is 42.5 Å². The lowest BCUT2D eigenvalue weighted by atomic mass is 9.96. The number of aryl methyl sites for hydroxylation is 1. The zero-order chi connectivity index (χ0) is 17.1. The number of benzene rings is 1. The third kappa shape index (κ3) is 3.12. The maximum atomic E-state index is 11.6. The second-order valence-electron chi connectivity index (χ2n) is 6.22. The van der Waals surface area contributed by atoms with E-state index in [-0.39, 0.29) is 0 Å². The first-order valence-electron chi connectivity index (χ1n) is 8.47. The molecule has 1 aromatic carbocycles. The molecule has 126 valence electrons. The van der Waals surface area contributed by atoms with Crippen LogP contribution in [0.25, 0.3) is 11.3 Å². The van der Waals surface area contributed by atoms with Gasteiger partial charge in [0.25, 0.3) is 5.91 Å². The van der Waals surface area contributed by atoms with Gasteiger partial charge in [-0.15, -0.1) is 0 Å². The van der Waals surface area contributed by atoms with Crippen LogP contribution in [0.2, 0.25) is 0 Å². The Labute approximate surface area is 142 Å². The molecule has 1 heterocycles. The summed E-state index contributed by atoms with van der Waals surface area (Å²) in [6.45, 7) is 3.17. The Morgan fingerprint density at radius 2 is 2.12 bits per heavy atom. The van der Waals surface area contributed by atoms with Gasteiger partial charge in [0.05, 0.1) is 11.3 Å². The molecular weight excluding hydrogens is 300 g/mol. The number of likely N-dealkylation sites (N-methyl/N-ethyl adjacent to an activating group) is 1. The number of primary amides is 1. The molecule has 3 rings (SSSR count). The molecular formula is C19H24N4O. The van der Waals surface area contributed by atoms with E-state index in [1.54, 1.807) is 0 Å². The average molecular weight is 324 g/mol. The number of carbonyl (C=O) groups is 1. The highest BCUT2D eigenvalue weighted by molar-refractivity contribution is 6.18. The van der Waals surface area contributed by atoms with E-state index in [4.69, 9.17) is 5.73 Å². The van der Waals surface area contributed by atoms with Crippen LogP contribution < -0.4 is 11.1 Å². The number of hydrogen-bond acceptors (Lipinski definition) is 3. The molecule has 0 fully saturated rings. The van der Waals surface area contributed by atoms with Gasteiger partial charge in [0.15, 0.2) is 0 Å². The summed E-state index contributed by atoms with van der Waals surface area (Å²) in [5, 5.41) is 7.83.